The van der Waals surface area contributed by atoms with Gasteiger partial charge in [0.25, 0.3) is 0 Å². The molecule has 1 fully saturated rings. The second-order valence-corrected chi connectivity index (χ2v) is 5.41. The van der Waals surface area contributed by atoms with E-state index in [-0.39, 0.29) is 6.61 Å². The van der Waals surface area contributed by atoms with Gasteiger partial charge in [0.05, 0.1) is 18.0 Å². The van der Waals surface area contributed by atoms with Gasteiger partial charge in [-0.25, -0.2) is 4.68 Å². The van der Waals surface area contributed by atoms with Gasteiger partial charge in [0, 0.05) is 10.9 Å². The Morgan fingerprint density at radius 3 is 2.84 bits per heavy atom. The molecule has 5 heteroatoms. The van der Waals surface area contributed by atoms with Crippen LogP contribution in [0.25, 0.3) is 5.69 Å². The van der Waals surface area contributed by atoms with Crippen LogP contribution in [0.3, 0.4) is 0 Å². The van der Waals surface area contributed by atoms with Crippen LogP contribution in [0.4, 0.5) is 0 Å². The standard InChI is InChI=1S/C14H16ClN3O/c1-9-11(15)6-3-7-13(9)18-14(10-4-2-5-10)12(8-19)16-17-18/h3,6-7,10,19H,2,4-5,8H2,1H3. The number of rotatable bonds is 3. The Kier molecular flexibility index (Phi) is 3.29. The lowest BCUT2D eigenvalue weighted by Crippen LogP contribution is -2.16. The Hall–Kier alpha value is -1.39. The highest BCUT2D eigenvalue weighted by atomic mass is 35.5. The third-order valence-corrected chi connectivity index (χ3v) is 4.30. The molecular formula is C14H16ClN3O. The summed E-state index contributed by atoms with van der Waals surface area (Å²) in [5.74, 6) is 0.454. The average molecular weight is 278 g/mol. The van der Waals surface area contributed by atoms with Crippen LogP contribution in [0, 0.1) is 6.92 Å². The van der Waals surface area contributed by atoms with Crippen molar-refractivity contribution in [1.82, 2.24) is 15.0 Å². The van der Waals surface area contributed by atoms with E-state index >= 15 is 0 Å². The first kappa shape index (κ1) is 12.6. The Morgan fingerprint density at radius 2 is 2.21 bits per heavy atom. The van der Waals surface area contributed by atoms with Gasteiger partial charge in [0.2, 0.25) is 0 Å². The molecule has 0 bridgehead atoms. The Balaban J connectivity index is 2.14. The molecule has 1 N–H and O–H groups in total. The fourth-order valence-corrected chi connectivity index (χ4v) is 2.70. The van der Waals surface area contributed by atoms with Crippen molar-refractivity contribution in [3.63, 3.8) is 0 Å². The van der Waals surface area contributed by atoms with Crippen molar-refractivity contribution < 1.29 is 5.11 Å². The van der Waals surface area contributed by atoms with E-state index in [1.54, 1.807) is 0 Å². The van der Waals surface area contributed by atoms with Crippen molar-refractivity contribution in [2.24, 2.45) is 0 Å². The van der Waals surface area contributed by atoms with Crippen molar-refractivity contribution in [1.29, 1.82) is 0 Å². The molecule has 0 radical (unpaired) electrons. The molecule has 1 saturated carbocycles. The molecule has 0 saturated heterocycles. The number of hydrogen-bond acceptors (Lipinski definition) is 3. The van der Waals surface area contributed by atoms with Crippen LogP contribution in [-0.4, -0.2) is 20.1 Å². The van der Waals surface area contributed by atoms with Gasteiger partial charge < -0.3 is 5.11 Å². The van der Waals surface area contributed by atoms with Gasteiger partial charge in [0.1, 0.15) is 5.69 Å². The van der Waals surface area contributed by atoms with E-state index in [2.05, 4.69) is 10.3 Å². The summed E-state index contributed by atoms with van der Waals surface area (Å²) >= 11 is 6.17. The van der Waals surface area contributed by atoms with Gasteiger partial charge in [-0.15, -0.1) is 5.10 Å². The van der Waals surface area contributed by atoms with Gasteiger partial charge in [-0.2, -0.15) is 0 Å². The highest BCUT2D eigenvalue weighted by Gasteiger charge is 2.28. The summed E-state index contributed by atoms with van der Waals surface area (Å²) in [6.07, 6.45) is 3.51. The van der Waals surface area contributed by atoms with E-state index in [9.17, 15) is 5.11 Å². The van der Waals surface area contributed by atoms with Crippen LogP contribution < -0.4 is 0 Å². The summed E-state index contributed by atoms with van der Waals surface area (Å²) in [7, 11) is 0. The minimum Gasteiger partial charge on any atom is -0.390 e. The van der Waals surface area contributed by atoms with E-state index in [4.69, 9.17) is 11.6 Å². The third kappa shape index (κ3) is 2.05. The number of aliphatic hydroxyl groups excluding tert-OH is 1. The molecule has 4 nitrogen and oxygen atoms in total. The summed E-state index contributed by atoms with van der Waals surface area (Å²) in [4.78, 5) is 0. The van der Waals surface area contributed by atoms with Crippen LogP contribution in [0.15, 0.2) is 18.2 Å². The molecule has 0 spiro atoms. The molecule has 2 aromatic rings. The van der Waals surface area contributed by atoms with Crippen molar-refractivity contribution in [2.75, 3.05) is 0 Å². The second kappa shape index (κ2) is 4.94. The first-order valence-electron chi connectivity index (χ1n) is 6.53. The highest BCUT2D eigenvalue weighted by Crippen LogP contribution is 2.39. The first-order valence-corrected chi connectivity index (χ1v) is 6.91. The Bertz CT molecular complexity index is 605. The van der Waals surface area contributed by atoms with Crippen LogP contribution >= 0.6 is 11.6 Å². The van der Waals surface area contributed by atoms with Crippen molar-refractivity contribution >= 4 is 11.6 Å². The minimum absolute atomic E-state index is 0.0640. The number of benzene rings is 1. The van der Waals surface area contributed by atoms with Crippen LogP contribution in [0.1, 0.15) is 42.1 Å². The summed E-state index contributed by atoms with van der Waals surface area (Å²) < 4.78 is 1.84. The molecule has 1 heterocycles. The van der Waals surface area contributed by atoms with Crippen LogP contribution in [-0.2, 0) is 6.61 Å². The third-order valence-electron chi connectivity index (χ3n) is 3.89. The summed E-state index contributed by atoms with van der Waals surface area (Å²) in [5, 5.41) is 18.5. The fourth-order valence-electron chi connectivity index (χ4n) is 2.53. The zero-order chi connectivity index (χ0) is 13.4. The molecule has 100 valence electrons. The van der Waals surface area contributed by atoms with E-state index in [0.29, 0.717) is 11.6 Å². The van der Waals surface area contributed by atoms with Gasteiger partial charge in [-0.3, -0.25) is 0 Å². The predicted octanol–water partition coefficient (Wildman–Crippen LogP) is 2.99. The molecule has 1 aromatic carbocycles. The van der Waals surface area contributed by atoms with Crippen molar-refractivity contribution in [3.8, 4) is 5.69 Å². The quantitative estimate of drug-likeness (QED) is 0.938. The summed E-state index contributed by atoms with van der Waals surface area (Å²) in [6, 6.07) is 5.77. The Labute approximate surface area is 117 Å². The van der Waals surface area contributed by atoms with E-state index in [1.165, 1.54) is 6.42 Å². The molecule has 3 rings (SSSR count). The number of aromatic nitrogens is 3. The molecule has 1 aromatic heterocycles. The summed E-state index contributed by atoms with van der Waals surface area (Å²) in [5.41, 5.74) is 3.66. The summed E-state index contributed by atoms with van der Waals surface area (Å²) in [6.45, 7) is 1.91. The molecular weight excluding hydrogens is 262 g/mol. The molecule has 1 aliphatic rings. The molecule has 0 amide bonds. The lowest BCUT2D eigenvalue weighted by Gasteiger charge is -2.26. The number of halogens is 1. The number of aliphatic hydroxyl groups is 1. The zero-order valence-electron chi connectivity index (χ0n) is 10.8. The maximum Gasteiger partial charge on any atom is 0.112 e. The smallest absolute Gasteiger partial charge is 0.112 e. The normalized spacial score (nSPS) is 15.5. The molecule has 0 unspecified atom stereocenters. The minimum atomic E-state index is -0.0640. The molecule has 19 heavy (non-hydrogen) atoms. The highest BCUT2D eigenvalue weighted by molar-refractivity contribution is 6.31. The fraction of sp³-hybridized carbons (Fsp3) is 0.429. The second-order valence-electron chi connectivity index (χ2n) is 5.00. The molecule has 0 aliphatic heterocycles. The maximum absolute atomic E-state index is 9.43. The number of hydrogen-bond donors (Lipinski definition) is 1. The van der Waals surface area contributed by atoms with Crippen LogP contribution in [0.5, 0.6) is 0 Å². The lowest BCUT2D eigenvalue weighted by molar-refractivity contribution is 0.272. The van der Waals surface area contributed by atoms with E-state index in [0.717, 1.165) is 34.8 Å². The predicted molar refractivity (Wildman–Crippen MR) is 73.6 cm³/mol. The van der Waals surface area contributed by atoms with E-state index < -0.39 is 0 Å². The SMILES string of the molecule is Cc1c(Cl)cccc1-n1nnc(CO)c1C1CCC1. The first-order chi connectivity index (χ1) is 9.22. The largest absolute Gasteiger partial charge is 0.390 e. The van der Waals surface area contributed by atoms with Gasteiger partial charge in [-0.1, -0.05) is 29.3 Å². The van der Waals surface area contributed by atoms with E-state index in [1.807, 2.05) is 29.8 Å². The number of nitrogens with zero attached hydrogens (tertiary/aromatic N) is 3. The van der Waals surface area contributed by atoms with Gasteiger partial charge in [0.15, 0.2) is 0 Å². The zero-order valence-corrected chi connectivity index (χ0v) is 11.6. The molecule has 0 atom stereocenters. The van der Waals surface area contributed by atoms with Crippen molar-refractivity contribution in [2.45, 2.75) is 38.7 Å². The molecule has 1 aliphatic carbocycles. The topological polar surface area (TPSA) is 50.9 Å². The van der Waals surface area contributed by atoms with Gasteiger partial charge in [-0.05, 0) is 37.5 Å². The lowest BCUT2D eigenvalue weighted by atomic mass is 9.82. The van der Waals surface area contributed by atoms with Crippen LogP contribution in [0.2, 0.25) is 5.02 Å². The average Bonchev–Trinajstić information content (AvgIpc) is 2.74. The van der Waals surface area contributed by atoms with Gasteiger partial charge >= 0.3 is 0 Å². The maximum atomic E-state index is 9.43. The monoisotopic (exact) mass is 277 g/mol. The Morgan fingerprint density at radius 1 is 1.42 bits per heavy atom. The van der Waals surface area contributed by atoms with Crippen molar-refractivity contribution in [3.05, 3.63) is 40.2 Å².